The summed E-state index contributed by atoms with van der Waals surface area (Å²) in [5.41, 5.74) is 0.593. The Morgan fingerprint density at radius 1 is 1.33 bits per heavy atom. The fourth-order valence-electron chi connectivity index (χ4n) is 3.67. The summed E-state index contributed by atoms with van der Waals surface area (Å²) in [7, 11) is 0. The van der Waals surface area contributed by atoms with Crippen LogP contribution in [-0.4, -0.2) is 28.0 Å². The van der Waals surface area contributed by atoms with Gasteiger partial charge >= 0.3 is 5.97 Å². The Hall–Kier alpha value is -2.42. The lowest BCUT2D eigenvalue weighted by Gasteiger charge is -2.28. The molecule has 2 aliphatic rings. The number of rotatable bonds is 3. The predicted octanol–water partition coefficient (Wildman–Crippen LogP) is 1.18. The van der Waals surface area contributed by atoms with Crippen LogP contribution in [0, 0.1) is 29.1 Å². The SMILES string of the molecule is N#Cc1ccc(C(=O)NC2C3CCC(C3)C2C(=O)O)nc1. The van der Waals surface area contributed by atoms with Crippen molar-refractivity contribution in [2.45, 2.75) is 25.3 Å². The second-order valence-electron chi connectivity index (χ2n) is 5.74. The van der Waals surface area contributed by atoms with Gasteiger partial charge in [0.15, 0.2) is 0 Å². The van der Waals surface area contributed by atoms with Crippen molar-refractivity contribution in [3.8, 4) is 6.07 Å². The predicted molar refractivity (Wildman–Crippen MR) is 72.2 cm³/mol. The summed E-state index contributed by atoms with van der Waals surface area (Å²) >= 11 is 0. The number of carboxylic acids is 1. The molecule has 0 saturated heterocycles. The van der Waals surface area contributed by atoms with E-state index in [4.69, 9.17) is 5.26 Å². The van der Waals surface area contributed by atoms with Gasteiger partial charge in [-0.3, -0.25) is 9.59 Å². The van der Waals surface area contributed by atoms with Crippen LogP contribution in [0.1, 0.15) is 35.3 Å². The van der Waals surface area contributed by atoms with E-state index in [1.165, 1.54) is 18.3 Å². The van der Waals surface area contributed by atoms with Gasteiger partial charge in [-0.1, -0.05) is 0 Å². The number of nitrogens with one attached hydrogen (secondary N) is 1. The van der Waals surface area contributed by atoms with Crippen molar-refractivity contribution in [1.82, 2.24) is 10.3 Å². The number of aromatic nitrogens is 1. The number of hydrogen-bond acceptors (Lipinski definition) is 4. The number of carbonyl (C=O) groups excluding carboxylic acids is 1. The average molecular weight is 285 g/mol. The Bertz CT molecular complexity index is 620. The first-order chi connectivity index (χ1) is 10.1. The van der Waals surface area contributed by atoms with E-state index in [1.807, 2.05) is 6.07 Å². The molecular formula is C15H15N3O3. The third-order valence-electron chi connectivity index (χ3n) is 4.62. The molecule has 0 radical (unpaired) electrons. The lowest BCUT2D eigenvalue weighted by Crippen LogP contribution is -2.47. The van der Waals surface area contributed by atoms with E-state index in [9.17, 15) is 14.7 Å². The highest BCUT2D eigenvalue weighted by atomic mass is 16.4. The van der Waals surface area contributed by atoms with Crippen LogP contribution >= 0.6 is 0 Å². The molecule has 2 N–H and O–H groups in total. The topological polar surface area (TPSA) is 103 Å². The van der Waals surface area contributed by atoms with Gasteiger partial charge in [-0.2, -0.15) is 5.26 Å². The number of carboxylic acid groups (broad SMARTS) is 1. The highest BCUT2D eigenvalue weighted by molar-refractivity contribution is 5.93. The summed E-state index contributed by atoms with van der Waals surface area (Å²) in [6, 6.07) is 4.63. The molecular weight excluding hydrogens is 270 g/mol. The van der Waals surface area contributed by atoms with Gasteiger partial charge < -0.3 is 10.4 Å². The lowest BCUT2D eigenvalue weighted by molar-refractivity contribution is -0.144. The molecule has 0 aromatic carbocycles. The van der Waals surface area contributed by atoms with Crippen LogP contribution in [-0.2, 0) is 4.79 Å². The maximum Gasteiger partial charge on any atom is 0.308 e. The number of amides is 1. The van der Waals surface area contributed by atoms with Crippen molar-refractivity contribution < 1.29 is 14.7 Å². The zero-order chi connectivity index (χ0) is 15.0. The molecule has 2 fully saturated rings. The average Bonchev–Trinajstić information content (AvgIpc) is 3.08. The Balaban J connectivity index is 1.74. The maximum absolute atomic E-state index is 12.2. The number of nitrogens with zero attached hydrogens (tertiary/aromatic N) is 2. The van der Waals surface area contributed by atoms with Crippen molar-refractivity contribution in [3.63, 3.8) is 0 Å². The van der Waals surface area contributed by atoms with E-state index in [2.05, 4.69) is 10.3 Å². The van der Waals surface area contributed by atoms with Crippen LogP contribution in [0.4, 0.5) is 0 Å². The Kier molecular flexibility index (Phi) is 3.34. The van der Waals surface area contributed by atoms with Crippen LogP contribution in [0.3, 0.4) is 0 Å². The molecule has 2 bridgehead atoms. The smallest absolute Gasteiger partial charge is 0.308 e. The second kappa shape index (κ2) is 5.17. The normalized spacial score (nSPS) is 29.9. The third-order valence-corrected chi connectivity index (χ3v) is 4.62. The Morgan fingerprint density at radius 2 is 2.10 bits per heavy atom. The number of pyridine rings is 1. The first-order valence-corrected chi connectivity index (χ1v) is 7.00. The second-order valence-corrected chi connectivity index (χ2v) is 5.74. The van der Waals surface area contributed by atoms with E-state index in [-0.39, 0.29) is 29.5 Å². The van der Waals surface area contributed by atoms with Crippen molar-refractivity contribution in [2.75, 3.05) is 0 Å². The molecule has 4 atom stereocenters. The van der Waals surface area contributed by atoms with Crippen LogP contribution in [0.5, 0.6) is 0 Å². The molecule has 1 aromatic rings. The first kappa shape index (κ1) is 13.6. The first-order valence-electron chi connectivity index (χ1n) is 7.00. The molecule has 3 rings (SSSR count). The molecule has 0 spiro atoms. The molecule has 4 unspecified atom stereocenters. The monoisotopic (exact) mass is 285 g/mol. The molecule has 21 heavy (non-hydrogen) atoms. The molecule has 6 nitrogen and oxygen atoms in total. The van der Waals surface area contributed by atoms with Gasteiger partial charge in [0.05, 0.1) is 11.5 Å². The Labute approximate surface area is 121 Å². The highest BCUT2D eigenvalue weighted by Gasteiger charge is 2.51. The van der Waals surface area contributed by atoms with Gasteiger partial charge in [-0.25, -0.2) is 4.98 Å². The van der Waals surface area contributed by atoms with Crippen molar-refractivity contribution in [1.29, 1.82) is 5.26 Å². The molecule has 1 amide bonds. The minimum atomic E-state index is -0.833. The molecule has 0 aliphatic heterocycles. The molecule has 2 aliphatic carbocycles. The third kappa shape index (κ3) is 2.35. The van der Waals surface area contributed by atoms with Gasteiger partial charge in [-0.05, 0) is 43.2 Å². The van der Waals surface area contributed by atoms with Gasteiger partial charge in [0.25, 0.3) is 5.91 Å². The zero-order valence-electron chi connectivity index (χ0n) is 11.3. The van der Waals surface area contributed by atoms with Crippen molar-refractivity contribution >= 4 is 11.9 Å². The van der Waals surface area contributed by atoms with E-state index >= 15 is 0 Å². The van der Waals surface area contributed by atoms with E-state index in [1.54, 1.807) is 0 Å². The summed E-state index contributed by atoms with van der Waals surface area (Å²) in [6.45, 7) is 0. The molecule has 6 heteroatoms. The van der Waals surface area contributed by atoms with Crippen molar-refractivity contribution in [2.24, 2.45) is 17.8 Å². The fourth-order valence-corrected chi connectivity index (χ4v) is 3.67. The summed E-state index contributed by atoms with van der Waals surface area (Å²) in [5, 5.41) is 20.9. The zero-order valence-corrected chi connectivity index (χ0v) is 11.3. The van der Waals surface area contributed by atoms with Gasteiger partial charge in [0, 0.05) is 12.2 Å². The Morgan fingerprint density at radius 3 is 2.71 bits per heavy atom. The molecule has 1 aromatic heterocycles. The number of fused-ring (bicyclic) bond motifs is 2. The van der Waals surface area contributed by atoms with Gasteiger partial charge in [0.2, 0.25) is 0 Å². The fraction of sp³-hybridized carbons (Fsp3) is 0.467. The van der Waals surface area contributed by atoms with Gasteiger partial charge in [0.1, 0.15) is 11.8 Å². The standard InChI is InChI=1S/C15H15N3O3/c16-6-8-1-4-11(17-7-8)14(19)18-13-10-3-2-9(5-10)12(13)15(20)21/h1,4,7,9-10,12-13H,2-3,5H2,(H,18,19)(H,20,21). The summed E-state index contributed by atoms with van der Waals surface area (Å²) in [5.74, 6) is -1.28. The van der Waals surface area contributed by atoms with E-state index in [0.29, 0.717) is 5.56 Å². The summed E-state index contributed by atoms with van der Waals surface area (Å²) < 4.78 is 0. The largest absolute Gasteiger partial charge is 0.481 e. The molecule has 108 valence electrons. The summed E-state index contributed by atoms with van der Waals surface area (Å²) in [6.07, 6.45) is 4.12. The number of nitriles is 1. The lowest BCUT2D eigenvalue weighted by atomic mass is 9.84. The number of hydrogen-bond donors (Lipinski definition) is 2. The van der Waals surface area contributed by atoms with E-state index < -0.39 is 11.9 Å². The minimum Gasteiger partial charge on any atom is -0.481 e. The van der Waals surface area contributed by atoms with Gasteiger partial charge in [-0.15, -0.1) is 0 Å². The van der Waals surface area contributed by atoms with Crippen LogP contribution in [0.2, 0.25) is 0 Å². The highest BCUT2D eigenvalue weighted by Crippen LogP contribution is 2.48. The van der Waals surface area contributed by atoms with Crippen LogP contribution in [0.25, 0.3) is 0 Å². The maximum atomic E-state index is 12.2. The number of carbonyl (C=O) groups is 2. The summed E-state index contributed by atoms with van der Waals surface area (Å²) in [4.78, 5) is 27.5. The van der Waals surface area contributed by atoms with Crippen LogP contribution in [0.15, 0.2) is 18.3 Å². The van der Waals surface area contributed by atoms with Crippen molar-refractivity contribution in [3.05, 3.63) is 29.6 Å². The molecule has 1 heterocycles. The minimum absolute atomic E-state index is 0.173. The molecule has 2 saturated carbocycles. The van der Waals surface area contributed by atoms with Crippen LogP contribution < -0.4 is 5.32 Å². The number of aliphatic carboxylic acids is 1. The van der Waals surface area contributed by atoms with E-state index in [0.717, 1.165) is 19.3 Å². The quantitative estimate of drug-likeness (QED) is 0.868.